The molecule has 5 heteroatoms. The first-order chi connectivity index (χ1) is 5.16. The molecule has 5 N–H and O–H groups in total. The van der Waals surface area contributed by atoms with Crippen molar-refractivity contribution in [3.63, 3.8) is 0 Å². The summed E-state index contributed by atoms with van der Waals surface area (Å²) in [5.74, 6) is 4.60. The molecule has 0 saturated carbocycles. The van der Waals surface area contributed by atoms with Crippen LogP contribution in [0, 0.1) is 6.92 Å². The molecule has 0 aromatic carbocycles. The zero-order chi connectivity index (χ0) is 8.43. The van der Waals surface area contributed by atoms with Crippen LogP contribution in [0.5, 0.6) is 0 Å². The number of thiophene rings is 1. The summed E-state index contributed by atoms with van der Waals surface area (Å²) < 4.78 is 0. The van der Waals surface area contributed by atoms with Crippen molar-refractivity contribution in [2.45, 2.75) is 6.92 Å². The van der Waals surface area contributed by atoms with Crippen molar-refractivity contribution in [1.82, 2.24) is 5.43 Å². The molecule has 1 aromatic heterocycles. The maximum absolute atomic E-state index is 10.9. The normalized spacial score (nSPS) is 9.64. The van der Waals surface area contributed by atoms with E-state index in [1.165, 1.54) is 11.3 Å². The topological polar surface area (TPSA) is 81.1 Å². The molecule has 0 spiro atoms. The number of carbonyl (C=O) groups is 1. The molecular formula is C6H9N3OS. The fourth-order valence-electron chi connectivity index (χ4n) is 0.695. The Morgan fingerprint density at radius 2 is 2.36 bits per heavy atom. The lowest BCUT2D eigenvalue weighted by atomic mass is 10.3. The number of amides is 1. The summed E-state index contributed by atoms with van der Waals surface area (Å²) in [5, 5.41) is 1.82. The lowest BCUT2D eigenvalue weighted by Crippen LogP contribution is -2.29. The van der Waals surface area contributed by atoms with Gasteiger partial charge in [0, 0.05) is 0 Å². The molecule has 0 bridgehead atoms. The third-order valence-corrected chi connectivity index (χ3v) is 2.47. The Bertz CT molecular complexity index is 281. The number of nitrogen functional groups attached to an aromatic ring is 2. The van der Waals surface area contributed by atoms with Crippen molar-refractivity contribution in [2.75, 3.05) is 5.73 Å². The average Bonchev–Trinajstić information content (AvgIpc) is 2.32. The number of nitrogens with one attached hydrogen (secondary N) is 1. The second-order valence-electron chi connectivity index (χ2n) is 2.13. The fraction of sp³-hybridized carbons (Fsp3) is 0.167. The number of hydrazine groups is 1. The van der Waals surface area contributed by atoms with Crippen LogP contribution in [0.15, 0.2) is 5.38 Å². The molecule has 11 heavy (non-hydrogen) atoms. The molecule has 1 amide bonds. The summed E-state index contributed by atoms with van der Waals surface area (Å²) in [6.45, 7) is 1.85. The summed E-state index contributed by atoms with van der Waals surface area (Å²) in [5.41, 5.74) is 9.02. The molecular weight excluding hydrogens is 162 g/mol. The van der Waals surface area contributed by atoms with Gasteiger partial charge in [-0.15, -0.1) is 11.3 Å². The van der Waals surface area contributed by atoms with E-state index in [2.05, 4.69) is 0 Å². The van der Waals surface area contributed by atoms with Gasteiger partial charge in [0.05, 0.1) is 5.69 Å². The van der Waals surface area contributed by atoms with Crippen LogP contribution >= 0.6 is 11.3 Å². The van der Waals surface area contributed by atoms with E-state index < -0.39 is 0 Å². The molecule has 1 aromatic rings. The van der Waals surface area contributed by atoms with Crippen LogP contribution < -0.4 is 17.0 Å². The predicted octanol–water partition coefficient (Wildman–Crippen LogP) is 0.242. The van der Waals surface area contributed by atoms with Crippen LogP contribution in [0.3, 0.4) is 0 Å². The fourth-order valence-corrected chi connectivity index (χ4v) is 1.57. The molecule has 4 nitrogen and oxygen atoms in total. The SMILES string of the molecule is Cc1csc(C(=O)NN)c1N. The highest BCUT2D eigenvalue weighted by molar-refractivity contribution is 7.12. The lowest BCUT2D eigenvalue weighted by molar-refractivity contribution is 0.0958. The molecule has 0 aliphatic heterocycles. The summed E-state index contributed by atoms with van der Waals surface area (Å²) in [6, 6.07) is 0. The van der Waals surface area contributed by atoms with E-state index in [4.69, 9.17) is 11.6 Å². The Kier molecular flexibility index (Phi) is 2.11. The van der Waals surface area contributed by atoms with Gasteiger partial charge in [-0.25, -0.2) is 5.84 Å². The maximum atomic E-state index is 10.9. The van der Waals surface area contributed by atoms with E-state index >= 15 is 0 Å². The van der Waals surface area contributed by atoms with Crippen LogP contribution in [-0.4, -0.2) is 5.91 Å². The van der Waals surface area contributed by atoms with E-state index in [0.717, 1.165) is 5.56 Å². The van der Waals surface area contributed by atoms with Crippen molar-refractivity contribution >= 4 is 22.9 Å². The van der Waals surface area contributed by atoms with Crippen molar-refractivity contribution in [2.24, 2.45) is 5.84 Å². The summed E-state index contributed by atoms with van der Waals surface area (Å²) >= 11 is 1.29. The Morgan fingerprint density at radius 1 is 1.73 bits per heavy atom. The molecule has 0 unspecified atom stereocenters. The minimum atomic E-state index is -0.333. The monoisotopic (exact) mass is 171 g/mol. The average molecular weight is 171 g/mol. The smallest absolute Gasteiger partial charge is 0.277 e. The highest BCUT2D eigenvalue weighted by atomic mass is 32.1. The molecule has 0 aliphatic carbocycles. The number of aryl methyl sites for hydroxylation is 1. The van der Waals surface area contributed by atoms with Gasteiger partial charge in [-0.1, -0.05) is 0 Å². The van der Waals surface area contributed by atoms with Crippen LogP contribution in [0.4, 0.5) is 5.69 Å². The minimum Gasteiger partial charge on any atom is -0.397 e. The third-order valence-electron chi connectivity index (χ3n) is 1.36. The van der Waals surface area contributed by atoms with Crippen molar-refractivity contribution in [3.05, 3.63) is 15.8 Å². The predicted molar refractivity (Wildman–Crippen MR) is 45.1 cm³/mol. The van der Waals surface area contributed by atoms with E-state index in [9.17, 15) is 4.79 Å². The minimum absolute atomic E-state index is 0.333. The van der Waals surface area contributed by atoms with Gasteiger partial charge in [-0.3, -0.25) is 10.2 Å². The zero-order valence-electron chi connectivity index (χ0n) is 6.05. The third kappa shape index (κ3) is 1.33. The van der Waals surface area contributed by atoms with Gasteiger partial charge < -0.3 is 5.73 Å². The lowest BCUT2D eigenvalue weighted by Gasteiger charge is -1.96. The number of anilines is 1. The standard InChI is InChI=1S/C6H9N3OS/c1-3-2-11-5(4(3)7)6(10)9-8/h2H,7-8H2,1H3,(H,9,10). The van der Waals surface area contributed by atoms with Gasteiger partial charge in [0.2, 0.25) is 0 Å². The number of hydrogen-bond acceptors (Lipinski definition) is 4. The first-order valence-corrected chi connectivity index (χ1v) is 3.89. The first-order valence-electron chi connectivity index (χ1n) is 3.01. The van der Waals surface area contributed by atoms with E-state index in [0.29, 0.717) is 10.6 Å². The van der Waals surface area contributed by atoms with Gasteiger partial charge in [0.1, 0.15) is 4.88 Å². The van der Waals surface area contributed by atoms with Gasteiger partial charge in [0.15, 0.2) is 0 Å². The van der Waals surface area contributed by atoms with Gasteiger partial charge in [0.25, 0.3) is 5.91 Å². The molecule has 1 heterocycles. The summed E-state index contributed by atoms with van der Waals surface area (Å²) in [7, 11) is 0. The number of carbonyl (C=O) groups excluding carboxylic acids is 1. The largest absolute Gasteiger partial charge is 0.397 e. The second kappa shape index (κ2) is 2.89. The number of rotatable bonds is 1. The van der Waals surface area contributed by atoms with Gasteiger partial charge in [-0.2, -0.15) is 0 Å². The molecule has 0 atom stereocenters. The van der Waals surface area contributed by atoms with E-state index in [1.54, 1.807) is 0 Å². The van der Waals surface area contributed by atoms with Crippen molar-refractivity contribution < 1.29 is 4.79 Å². The Morgan fingerprint density at radius 3 is 2.73 bits per heavy atom. The van der Waals surface area contributed by atoms with Crippen LogP contribution in [0.1, 0.15) is 15.2 Å². The molecule has 0 radical (unpaired) electrons. The Labute approximate surface area is 68.2 Å². The van der Waals surface area contributed by atoms with Gasteiger partial charge in [-0.05, 0) is 17.9 Å². The first kappa shape index (κ1) is 8.03. The highest BCUT2D eigenvalue weighted by Crippen LogP contribution is 2.23. The van der Waals surface area contributed by atoms with E-state index in [-0.39, 0.29) is 5.91 Å². The van der Waals surface area contributed by atoms with Crippen LogP contribution in [0.2, 0.25) is 0 Å². The summed E-state index contributed by atoms with van der Waals surface area (Å²) in [4.78, 5) is 11.4. The number of nitrogens with two attached hydrogens (primary N) is 2. The zero-order valence-corrected chi connectivity index (χ0v) is 6.87. The molecule has 1 rings (SSSR count). The van der Waals surface area contributed by atoms with Crippen LogP contribution in [-0.2, 0) is 0 Å². The Hall–Kier alpha value is -1.07. The van der Waals surface area contributed by atoms with Crippen molar-refractivity contribution in [1.29, 1.82) is 0 Å². The molecule has 0 saturated heterocycles. The van der Waals surface area contributed by atoms with E-state index in [1.807, 2.05) is 17.7 Å². The van der Waals surface area contributed by atoms with Gasteiger partial charge >= 0.3 is 0 Å². The van der Waals surface area contributed by atoms with Crippen molar-refractivity contribution in [3.8, 4) is 0 Å². The highest BCUT2D eigenvalue weighted by Gasteiger charge is 2.11. The second-order valence-corrected chi connectivity index (χ2v) is 3.01. The molecule has 0 fully saturated rings. The number of hydrogen-bond donors (Lipinski definition) is 3. The molecule has 60 valence electrons. The quantitative estimate of drug-likeness (QED) is 0.321. The molecule has 0 aliphatic rings. The van der Waals surface area contributed by atoms with Crippen LogP contribution in [0.25, 0.3) is 0 Å². The summed E-state index contributed by atoms with van der Waals surface area (Å²) in [6.07, 6.45) is 0. The maximum Gasteiger partial charge on any atom is 0.277 e. The Balaban J connectivity index is 3.04.